The molecule has 0 amide bonds. The van der Waals surface area contributed by atoms with E-state index in [-0.39, 0.29) is 12.6 Å². The smallest absolute Gasteiger partial charge is 0.271 e. The fraction of sp³-hybridized carbons (Fsp3) is 0.500. The largest absolute Gasteiger partial charge is 0.298 e. The van der Waals surface area contributed by atoms with Crippen molar-refractivity contribution in [3.8, 4) is 0 Å². The Morgan fingerprint density at radius 2 is 2.00 bits per heavy atom. The number of hydrogen-bond acceptors (Lipinski definition) is 3. The molecule has 0 bridgehead atoms. The number of carbonyl (C=O) groups excluding carboxylic acids is 2. The van der Waals surface area contributed by atoms with Crippen LogP contribution in [0.1, 0.15) is 6.42 Å². The molecule has 0 aliphatic carbocycles. The van der Waals surface area contributed by atoms with Gasteiger partial charge >= 0.3 is 0 Å². The zero-order valence-electron chi connectivity index (χ0n) is 4.46. The topological polar surface area (TPSA) is 51.2 Å². The lowest BCUT2D eigenvalue weighted by Crippen LogP contribution is -2.00. The normalized spacial score (nSPS) is 35.7. The van der Waals surface area contributed by atoms with E-state index in [1.807, 2.05) is 0 Å². The van der Waals surface area contributed by atoms with Crippen LogP contribution in [0, 0.1) is 0 Å². The minimum atomic E-state index is -3.21. The van der Waals surface area contributed by atoms with E-state index in [0.717, 1.165) is 0 Å². The SMILES string of the molecule is O=C1CCP(=O)(Cl)C1=O. The Balaban J connectivity index is 3.00. The predicted octanol–water partition coefficient (Wildman–Crippen LogP) is 1.00. The van der Waals surface area contributed by atoms with Crippen LogP contribution < -0.4 is 0 Å². The molecule has 0 N–H and O–H groups in total. The van der Waals surface area contributed by atoms with Gasteiger partial charge in [-0.3, -0.25) is 14.2 Å². The molecule has 0 spiro atoms. The van der Waals surface area contributed by atoms with Crippen molar-refractivity contribution in [2.45, 2.75) is 6.42 Å². The minimum Gasteiger partial charge on any atom is -0.298 e. The van der Waals surface area contributed by atoms with Crippen molar-refractivity contribution >= 4 is 29.0 Å². The highest BCUT2D eigenvalue weighted by molar-refractivity contribution is 8.04. The average molecular weight is 166 g/mol. The quantitative estimate of drug-likeness (QED) is 0.399. The first-order chi connectivity index (χ1) is 4.04. The summed E-state index contributed by atoms with van der Waals surface area (Å²) in [5.74, 6) is -0.590. The van der Waals surface area contributed by atoms with Crippen LogP contribution in [0.4, 0.5) is 0 Å². The third kappa shape index (κ3) is 1.07. The zero-order valence-corrected chi connectivity index (χ0v) is 6.11. The summed E-state index contributed by atoms with van der Waals surface area (Å²) in [6, 6.07) is 0. The molecule has 0 aromatic rings. The lowest BCUT2D eigenvalue weighted by Gasteiger charge is -1.90. The molecule has 0 saturated carbocycles. The molecule has 1 fully saturated rings. The van der Waals surface area contributed by atoms with Gasteiger partial charge in [0.2, 0.25) is 12.3 Å². The van der Waals surface area contributed by atoms with Gasteiger partial charge in [0.05, 0.1) is 0 Å². The first kappa shape index (κ1) is 6.97. The maximum Gasteiger partial charge on any atom is 0.271 e. The highest BCUT2D eigenvalue weighted by atomic mass is 35.7. The molecular formula is C4H4ClO3P. The molecule has 1 rings (SSSR count). The summed E-state index contributed by atoms with van der Waals surface area (Å²) in [5.41, 5.74) is -0.871. The van der Waals surface area contributed by atoms with E-state index in [4.69, 9.17) is 11.2 Å². The fourth-order valence-electron chi connectivity index (χ4n) is 0.640. The number of halogens is 1. The maximum atomic E-state index is 10.8. The van der Waals surface area contributed by atoms with Crippen molar-refractivity contribution in [2.75, 3.05) is 6.16 Å². The van der Waals surface area contributed by atoms with E-state index in [2.05, 4.69) is 0 Å². The second-order valence-corrected chi connectivity index (χ2v) is 5.65. The van der Waals surface area contributed by atoms with Gasteiger partial charge in [0.25, 0.3) is 5.52 Å². The van der Waals surface area contributed by atoms with Gasteiger partial charge < -0.3 is 0 Å². The Labute approximate surface area is 56.5 Å². The van der Waals surface area contributed by atoms with Gasteiger partial charge in [0.15, 0.2) is 0 Å². The lowest BCUT2D eigenvalue weighted by molar-refractivity contribution is -0.131. The van der Waals surface area contributed by atoms with Crippen LogP contribution in [0.2, 0.25) is 0 Å². The van der Waals surface area contributed by atoms with Gasteiger partial charge in [-0.1, -0.05) is 0 Å². The van der Waals surface area contributed by atoms with Crippen molar-refractivity contribution in [3.05, 3.63) is 0 Å². The Bertz CT molecular complexity index is 222. The molecule has 1 aliphatic rings. The van der Waals surface area contributed by atoms with E-state index in [9.17, 15) is 14.2 Å². The van der Waals surface area contributed by atoms with Crippen LogP contribution in [0.5, 0.6) is 0 Å². The Morgan fingerprint density at radius 1 is 1.44 bits per heavy atom. The van der Waals surface area contributed by atoms with Crippen molar-refractivity contribution in [3.63, 3.8) is 0 Å². The second kappa shape index (κ2) is 1.93. The number of ketones is 1. The average Bonchev–Trinajstić information content (AvgIpc) is 1.97. The van der Waals surface area contributed by atoms with Gasteiger partial charge in [-0.15, -0.1) is 0 Å². The van der Waals surface area contributed by atoms with E-state index in [1.165, 1.54) is 0 Å². The van der Waals surface area contributed by atoms with E-state index in [0.29, 0.717) is 0 Å². The van der Waals surface area contributed by atoms with Crippen LogP contribution in [0.25, 0.3) is 0 Å². The molecular weight excluding hydrogens is 162 g/mol. The van der Waals surface area contributed by atoms with Crippen molar-refractivity contribution in [1.29, 1.82) is 0 Å². The van der Waals surface area contributed by atoms with E-state index in [1.54, 1.807) is 0 Å². The van der Waals surface area contributed by atoms with Gasteiger partial charge in [0.1, 0.15) is 0 Å². The summed E-state index contributed by atoms with van der Waals surface area (Å²) in [6.07, 6.45) is 0.103. The van der Waals surface area contributed by atoms with E-state index < -0.39 is 17.8 Å². The highest BCUT2D eigenvalue weighted by Crippen LogP contribution is 2.56. The molecule has 3 nitrogen and oxygen atoms in total. The summed E-state index contributed by atoms with van der Waals surface area (Å²) < 4.78 is 10.8. The van der Waals surface area contributed by atoms with Crippen LogP contribution in [0.3, 0.4) is 0 Å². The summed E-state index contributed by atoms with van der Waals surface area (Å²) in [5, 5.41) is 0. The monoisotopic (exact) mass is 166 g/mol. The summed E-state index contributed by atoms with van der Waals surface area (Å²) in [7, 11) is 0. The number of hydrogen-bond donors (Lipinski definition) is 0. The number of Topliss-reactive ketones (excluding diaryl/α,β-unsaturated/α-hetero) is 1. The molecule has 9 heavy (non-hydrogen) atoms. The van der Waals surface area contributed by atoms with Crippen LogP contribution in [-0.4, -0.2) is 17.5 Å². The summed E-state index contributed by atoms with van der Waals surface area (Å²) in [6.45, 7) is -3.21. The van der Waals surface area contributed by atoms with Gasteiger partial charge in [-0.05, 0) is 11.2 Å². The minimum absolute atomic E-state index is 0.0478. The fourth-order valence-corrected chi connectivity index (χ4v) is 2.35. The highest BCUT2D eigenvalue weighted by Gasteiger charge is 2.41. The lowest BCUT2D eigenvalue weighted by atomic mass is 10.3. The van der Waals surface area contributed by atoms with Crippen molar-refractivity contribution in [1.82, 2.24) is 0 Å². The van der Waals surface area contributed by atoms with Crippen molar-refractivity contribution in [2.24, 2.45) is 0 Å². The molecule has 1 heterocycles. The molecule has 5 heteroatoms. The first-order valence-corrected chi connectivity index (χ1v) is 5.20. The molecule has 50 valence electrons. The Kier molecular flexibility index (Phi) is 1.49. The number of carbonyl (C=O) groups is 2. The van der Waals surface area contributed by atoms with Crippen LogP contribution in [0.15, 0.2) is 0 Å². The summed E-state index contributed by atoms with van der Waals surface area (Å²) >= 11 is 5.20. The van der Waals surface area contributed by atoms with Gasteiger partial charge in [0, 0.05) is 12.6 Å². The summed E-state index contributed by atoms with van der Waals surface area (Å²) in [4.78, 5) is 20.9. The van der Waals surface area contributed by atoms with E-state index >= 15 is 0 Å². The predicted molar refractivity (Wildman–Crippen MR) is 33.0 cm³/mol. The molecule has 0 aromatic carbocycles. The van der Waals surface area contributed by atoms with Crippen LogP contribution >= 0.6 is 17.7 Å². The maximum absolute atomic E-state index is 10.8. The molecule has 0 aromatic heterocycles. The van der Waals surface area contributed by atoms with Crippen LogP contribution in [-0.2, 0) is 14.2 Å². The Morgan fingerprint density at radius 3 is 2.11 bits per heavy atom. The van der Waals surface area contributed by atoms with Gasteiger partial charge in [-0.25, -0.2) is 0 Å². The molecule has 1 aliphatic heterocycles. The Hall–Kier alpha value is -0.140. The molecule has 1 saturated heterocycles. The third-order valence-electron chi connectivity index (χ3n) is 1.17. The molecule has 0 radical (unpaired) electrons. The number of rotatable bonds is 0. The molecule has 1 atom stereocenters. The standard InChI is InChI=1S/C4H4ClO3P/c5-9(8)2-1-3(6)4(9)7/h1-2H2. The second-order valence-electron chi connectivity index (χ2n) is 1.85. The van der Waals surface area contributed by atoms with Gasteiger partial charge in [-0.2, -0.15) is 0 Å². The third-order valence-corrected chi connectivity index (χ3v) is 3.79. The van der Waals surface area contributed by atoms with Crippen molar-refractivity contribution < 1.29 is 14.2 Å². The first-order valence-electron chi connectivity index (χ1n) is 2.40. The molecule has 1 unspecified atom stereocenters. The zero-order chi connectivity index (χ0) is 7.07.